The second-order valence-corrected chi connectivity index (χ2v) is 4.92. The van der Waals surface area contributed by atoms with E-state index in [4.69, 9.17) is 10.5 Å². The van der Waals surface area contributed by atoms with Gasteiger partial charge in [0, 0.05) is 19.1 Å². The second-order valence-electron chi connectivity index (χ2n) is 3.91. The number of halogens is 1. The number of hydrogen-bond acceptors (Lipinski definition) is 4. The van der Waals surface area contributed by atoms with Gasteiger partial charge in [0.1, 0.15) is 5.75 Å². The molecule has 1 saturated heterocycles. The van der Waals surface area contributed by atoms with E-state index in [2.05, 4.69) is 10.3 Å². The Bertz CT molecular complexity index is 319. The third-order valence-electron chi connectivity index (χ3n) is 3.04. The lowest BCUT2D eigenvalue weighted by Crippen LogP contribution is -2.34. The number of nitrogens with zero attached hydrogens (tertiary/aromatic N) is 1. The minimum atomic E-state index is 0. The maximum atomic E-state index is 5.75. The molecule has 2 heterocycles. The summed E-state index contributed by atoms with van der Waals surface area (Å²) in [5, 5.41) is 2.09. The normalized spacial score (nSPS) is 20.8. The molecule has 0 aliphatic carbocycles. The van der Waals surface area contributed by atoms with Crippen molar-refractivity contribution in [1.29, 1.82) is 0 Å². The summed E-state index contributed by atoms with van der Waals surface area (Å²) < 4.78 is 5.32. The van der Waals surface area contributed by atoms with Gasteiger partial charge in [-0.05, 0) is 30.8 Å². The maximum absolute atomic E-state index is 5.75. The van der Waals surface area contributed by atoms with Crippen LogP contribution >= 0.6 is 23.7 Å². The standard InChI is InChI=1S/C11H18N2OS.ClH/c1-14-10-4-6-15-11(10)8-13-5-2-3-9(13)7-12;/h4,6,9H,2-3,5,7-8,12H2,1H3;1H. The Morgan fingerprint density at radius 2 is 2.44 bits per heavy atom. The highest BCUT2D eigenvalue weighted by molar-refractivity contribution is 7.10. The van der Waals surface area contributed by atoms with Crippen LogP contribution in [0.5, 0.6) is 5.75 Å². The summed E-state index contributed by atoms with van der Waals surface area (Å²) in [5.41, 5.74) is 5.75. The molecule has 2 rings (SSSR count). The summed E-state index contributed by atoms with van der Waals surface area (Å²) in [6, 6.07) is 2.60. The van der Waals surface area contributed by atoms with Gasteiger partial charge in [0.25, 0.3) is 0 Å². The predicted molar refractivity (Wildman–Crippen MR) is 70.6 cm³/mol. The molecule has 3 nitrogen and oxygen atoms in total. The minimum absolute atomic E-state index is 0. The Kier molecular flexibility index (Phi) is 5.55. The fraction of sp³-hybridized carbons (Fsp3) is 0.636. The molecule has 0 amide bonds. The van der Waals surface area contributed by atoms with Gasteiger partial charge in [-0.1, -0.05) is 0 Å². The highest BCUT2D eigenvalue weighted by atomic mass is 35.5. The molecular weight excluding hydrogens is 244 g/mol. The van der Waals surface area contributed by atoms with Crippen LogP contribution in [0.4, 0.5) is 0 Å². The number of nitrogens with two attached hydrogens (primary N) is 1. The Balaban J connectivity index is 0.00000128. The Hall–Kier alpha value is -0.290. The van der Waals surface area contributed by atoms with E-state index >= 15 is 0 Å². The average molecular weight is 263 g/mol. The SMILES string of the molecule is COc1ccsc1CN1CCCC1CN.Cl. The monoisotopic (exact) mass is 262 g/mol. The summed E-state index contributed by atoms with van der Waals surface area (Å²) in [7, 11) is 1.73. The molecule has 1 unspecified atom stereocenters. The number of hydrogen-bond donors (Lipinski definition) is 1. The van der Waals surface area contributed by atoms with Crippen LogP contribution in [0.1, 0.15) is 17.7 Å². The average Bonchev–Trinajstić information content (AvgIpc) is 2.87. The lowest BCUT2D eigenvalue weighted by Gasteiger charge is -2.22. The van der Waals surface area contributed by atoms with Gasteiger partial charge in [0.15, 0.2) is 0 Å². The van der Waals surface area contributed by atoms with Crippen LogP contribution < -0.4 is 10.5 Å². The van der Waals surface area contributed by atoms with Crippen molar-refractivity contribution in [3.05, 3.63) is 16.3 Å². The van der Waals surface area contributed by atoms with Crippen LogP contribution in [0.2, 0.25) is 0 Å². The highest BCUT2D eigenvalue weighted by Gasteiger charge is 2.24. The summed E-state index contributed by atoms with van der Waals surface area (Å²) in [4.78, 5) is 3.78. The van der Waals surface area contributed by atoms with E-state index in [1.165, 1.54) is 24.3 Å². The third kappa shape index (κ3) is 2.88. The van der Waals surface area contributed by atoms with Gasteiger partial charge >= 0.3 is 0 Å². The van der Waals surface area contributed by atoms with E-state index in [1.807, 2.05) is 6.07 Å². The van der Waals surface area contributed by atoms with E-state index in [0.717, 1.165) is 18.8 Å². The van der Waals surface area contributed by atoms with Gasteiger partial charge in [-0.25, -0.2) is 0 Å². The first-order valence-corrected chi connectivity index (χ1v) is 6.27. The molecule has 16 heavy (non-hydrogen) atoms. The van der Waals surface area contributed by atoms with Crippen LogP contribution in [-0.2, 0) is 6.54 Å². The summed E-state index contributed by atoms with van der Waals surface area (Å²) >= 11 is 1.77. The topological polar surface area (TPSA) is 38.5 Å². The Morgan fingerprint density at radius 1 is 1.62 bits per heavy atom. The zero-order valence-corrected chi connectivity index (χ0v) is 11.1. The Morgan fingerprint density at radius 3 is 3.12 bits per heavy atom. The lowest BCUT2D eigenvalue weighted by atomic mass is 10.2. The number of ether oxygens (including phenoxy) is 1. The minimum Gasteiger partial charge on any atom is -0.496 e. The molecule has 0 aromatic carbocycles. The third-order valence-corrected chi connectivity index (χ3v) is 3.93. The fourth-order valence-corrected chi connectivity index (χ4v) is 3.04. The molecule has 1 atom stereocenters. The summed E-state index contributed by atoms with van der Waals surface area (Å²) in [6.07, 6.45) is 2.51. The second kappa shape index (κ2) is 6.45. The van der Waals surface area contributed by atoms with Crippen LogP contribution in [0.15, 0.2) is 11.4 Å². The molecule has 1 aliphatic heterocycles. The first-order chi connectivity index (χ1) is 7.35. The van der Waals surface area contributed by atoms with Crippen LogP contribution in [0.3, 0.4) is 0 Å². The maximum Gasteiger partial charge on any atom is 0.134 e. The van der Waals surface area contributed by atoms with E-state index in [1.54, 1.807) is 18.4 Å². The number of thiophene rings is 1. The Labute approximate surface area is 107 Å². The highest BCUT2D eigenvalue weighted by Crippen LogP contribution is 2.28. The van der Waals surface area contributed by atoms with Crippen molar-refractivity contribution in [3.8, 4) is 5.75 Å². The molecule has 92 valence electrons. The van der Waals surface area contributed by atoms with Gasteiger partial charge in [0.2, 0.25) is 0 Å². The molecule has 1 aromatic rings. The lowest BCUT2D eigenvalue weighted by molar-refractivity contribution is 0.249. The molecular formula is C11H19ClN2OS. The predicted octanol–water partition coefficient (Wildman–Crippen LogP) is 2.10. The molecule has 1 aliphatic rings. The zero-order chi connectivity index (χ0) is 10.7. The zero-order valence-electron chi connectivity index (χ0n) is 9.52. The first-order valence-electron chi connectivity index (χ1n) is 5.39. The summed E-state index contributed by atoms with van der Waals surface area (Å²) in [6.45, 7) is 2.93. The van der Waals surface area contributed by atoms with Gasteiger partial charge in [-0.15, -0.1) is 23.7 Å². The van der Waals surface area contributed by atoms with Crippen molar-refractivity contribution < 1.29 is 4.74 Å². The molecule has 0 saturated carbocycles. The molecule has 0 spiro atoms. The van der Waals surface area contributed by atoms with Crippen LogP contribution in [0.25, 0.3) is 0 Å². The van der Waals surface area contributed by atoms with Gasteiger partial charge in [-0.2, -0.15) is 0 Å². The summed E-state index contributed by atoms with van der Waals surface area (Å²) in [5.74, 6) is 1.02. The van der Waals surface area contributed by atoms with Gasteiger partial charge in [-0.3, -0.25) is 4.90 Å². The number of methoxy groups -OCH3 is 1. The van der Waals surface area contributed by atoms with E-state index in [-0.39, 0.29) is 12.4 Å². The molecule has 2 N–H and O–H groups in total. The van der Waals surface area contributed by atoms with Crippen molar-refractivity contribution in [3.63, 3.8) is 0 Å². The molecule has 1 aromatic heterocycles. The van der Waals surface area contributed by atoms with E-state index < -0.39 is 0 Å². The molecule has 0 radical (unpaired) electrons. The van der Waals surface area contributed by atoms with Crippen molar-refractivity contribution in [2.24, 2.45) is 5.73 Å². The van der Waals surface area contributed by atoms with Gasteiger partial charge in [0.05, 0.1) is 12.0 Å². The van der Waals surface area contributed by atoms with Crippen molar-refractivity contribution in [1.82, 2.24) is 4.90 Å². The largest absolute Gasteiger partial charge is 0.496 e. The van der Waals surface area contributed by atoms with Crippen molar-refractivity contribution in [2.45, 2.75) is 25.4 Å². The van der Waals surface area contributed by atoms with Crippen LogP contribution in [-0.4, -0.2) is 31.1 Å². The smallest absolute Gasteiger partial charge is 0.134 e. The molecule has 5 heteroatoms. The quantitative estimate of drug-likeness (QED) is 0.903. The van der Waals surface area contributed by atoms with Crippen molar-refractivity contribution in [2.75, 3.05) is 20.2 Å². The number of likely N-dealkylation sites (tertiary alicyclic amines) is 1. The molecule has 0 bridgehead atoms. The van der Waals surface area contributed by atoms with Gasteiger partial charge < -0.3 is 10.5 Å². The fourth-order valence-electron chi connectivity index (χ4n) is 2.18. The van der Waals surface area contributed by atoms with Crippen LogP contribution in [0, 0.1) is 0 Å². The van der Waals surface area contributed by atoms with E-state index in [0.29, 0.717) is 6.04 Å². The molecule has 1 fully saturated rings. The number of rotatable bonds is 4. The van der Waals surface area contributed by atoms with E-state index in [9.17, 15) is 0 Å². The first kappa shape index (κ1) is 13.8. The van der Waals surface area contributed by atoms with Crippen molar-refractivity contribution >= 4 is 23.7 Å².